The molecule has 0 radical (unpaired) electrons. The van der Waals surface area contributed by atoms with Crippen molar-refractivity contribution in [3.05, 3.63) is 84.4 Å². The average Bonchev–Trinajstić information content (AvgIpc) is 3.55. The Morgan fingerprint density at radius 3 is 2.74 bits per heavy atom. The molecule has 0 spiro atoms. The maximum atomic E-state index is 12.7. The van der Waals surface area contributed by atoms with Gasteiger partial charge in [0.25, 0.3) is 5.91 Å². The lowest BCUT2D eigenvalue weighted by Gasteiger charge is -2.06. The van der Waals surface area contributed by atoms with Gasteiger partial charge in [-0.2, -0.15) is 5.10 Å². The highest BCUT2D eigenvalue weighted by molar-refractivity contribution is 7.13. The number of amides is 1. The van der Waals surface area contributed by atoms with E-state index in [0.29, 0.717) is 11.4 Å². The first-order chi connectivity index (χ1) is 15.2. The van der Waals surface area contributed by atoms with Crippen LogP contribution in [0.3, 0.4) is 0 Å². The van der Waals surface area contributed by atoms with Gasteiger partial charge in [0, 0.05) is 35.4 Å². The number of aromatic nitrogens is 6. The van der Waals surface area contributed by atoms with Crippen molar-refractivity contribution >= 4 is 22.9 Å². The van der Waals surface area contributed by atoms with Crippen LogP contribution in [0.5, 0.6) is 0 Å². The number of carbonyl (C=O) groups is 1. The topological polar surface area (TPSA) is 90.5 Å². The zero-order valence-corrected chi connectivity index (χ0v) is 17.3. The van der Waals surface area contributed by atoms with Crippen LogP contribution in [0.25, 0.3) is 27.6 Å². The molecule has 31 heavy (non-hydrogen) atoms. The van der Waals surface area contributed by atoms with E-state index in [2.05, 4.69) is 25.6 Å². The summed E-state index contributed by atoms with van der Waals surface area (Å²) < 4.78 is 3.61. The molecule has 5 aromatic rings. The van der Waals surface area contributed by atoms with Gasteiger partial charge < -0.3 is 9.88 Å². The van der Waals surface area contributed by atoms with E-state index in [9.17, 15) is 4.79 Å². The van der Waals surface area contributed by atoms with Crippen LogP contribution in [-0.4, -0.2) is 35.4 Å². The smallest absolute Gasteiger partial charge is 0.275 e. The van der Waals surface area contributed by atoms with Crippen LogP contribution in [0.2, 0.25) is 0 Å². The van der Waals surface area contributed by atoms with Crippen LogP contribution in [0.4, 0.5) is 5.69 Å². The monoisotopic (exact) mass is 427 g/mol. The quantitative estimate of drug-likeness (QED) is 0.457. The standard InChI is InChI=1S/C22H17N7OS/c1-28-14-23-27-20(28)15-6-5-7-17(10-15)25-21(30)19-13-31-22(26-19)16-11-24-29(12-16)18-8-3-2-4-9-18/h2-14H,1H3,(H,25,30). The Morgan fingerprint density at radius 1 is 1.06 bits per heavy atom. The van der Waals surface area contributed by atoms with Crippen molar-refractivity contribution in [2.75, 3.05) is 5.32 Å². The molecule has 0 unspecified atom stereocenters. The normalized spacial score (nSPS) is 10.9. The number of para-hydroxylation sites is 1. The largest absolute Gasteiger partial charge is 0.321 e. The van der Waals surface area contributed by atoms with Gasteiger partial charge in [0.05, 0.1) is 11.9 Å². The van der Waals surface area contributed by atoms with E-state index in [0.717, 1.165) is 27.6 Å². The highest BCUT2D eigenvalue weighted by Gasteiger charge is 2.14. The first kappa shape index (κ1) is 18.9. The number of aryl methyl sites for hydroxylation is 1. The highest BCUT2D eigenvalue weighted by Crippen LogP contribution is 2.25. The maximum absolute atomic E-state index is 12.7. The fourth-order valence-corrected chi connectivity index (χ4v) is 3.92. The lowest BCUT2D eigenvalue weighted by molar-refractivity contribution is 0.102. The fraction of sp³-hybridized carbons (Fsp3) is 0.0455. The molecule has 0 aliphatic carbocycles. The van der Waals surface area contributed by atoms with Crippen LogP contribution >= 0.6 is 11.3 Å². The van der Waals surface area contributed by atoms with Gasteiger partial charge in [0.1, 0.15) is 17.0 Å². The van der Waals surface area contributed by atoms with E-state index in [4.69, 9.17) is 0 Å². The molecule has 8 nitrogen and oxygen atoms in total. The summed E-state index contributed by atoms with van der Waals surface area (Å²) in [4.78, 5) is 17.2. The molecule has 0 aliphatic heterocycles. The minimum atomic E-state index is -0.270. The van der Waals surface area contributed by atoms with Crippen molar-refractivity contribution in [2.45, 2.75) is 0 Å². The summed E-state index contributed by atoms with van der Waals surface area (Å²) >= 11 is 1.41. The van der Waals surface area contributed by atoms with Gasteiger partial charge >= 0.3 is 0 Å². The van der Waals surface area contributed by atoms with Gasteiger partial charge in [0.2, 0.25) is 0 Å². The fourth-order valence-electron chi connectivity index (χ4n) is 3.14. The summed E-state index contributed by atoms with van der Waals surface area (Å²) in [6.07, 6.45) is 5.29. The van der Waals surface area contributed by atoms with E-state index in [1.54, 1.807) is 22.6 Å². The number of rotatable bonds is 5. The lowest BCUT2D eigenvalue weighted by Crippen LogP contribution is -2.12. The molecule has 5 rings (SSSR count). The Bertz CT molecular complexity index is 1350. The number of carbonyl (C=O) groups excluding carboxylic acids is 1. The Hall–Kier alpha value is -4.11. The van der Waals surface area contributed by atoms with E-state index in [1.807, 2.05) is 72.4 Å². The summed E-state index contributed by atoms with van der Waals surface area (Å²) in [5.41, 5.74) is 3.71. The van der Waals surface area contributed by atoms with E-state index < -0.39 is 0 Å². The number of nitrogens with zero attached hydrogens (tertiary/aromatic N) is 6. The third-order valence-corrected chi connectivity index (χ3v) is 5.57. The maximum Gasteiger partial charge on any atom is 0.275 e. The Kier molecular flexibility index (Phi) is 4.85. The van der Waals surface area contributed by atoms with Crippen molar-refractivity contribution in [3.8, 4) is 27.6 Å². The number of anilines is 1. The van der Waals surface area contributed by atoms with Gasteiger partial charge in [-0.3, -0.25) is 4.79 Å². The van der Waals surface area contributed by atoms with Crippen molar-refractivity contribution < 1.29 is 4.79 Å². The number of benzene rings is 2. The number of nitrogens with one attached hydrogen (secondary N) is 1. The summed E-state index contributed by atoms with van der Waals surface area (Å²) in [5.74, 6) is 0.454. The van der Waals surface area contributed by atoms with Crippen molar-refractivity contribution in [2.24, 2.45) is 7.05 Å². The van der Waals surface area contributed by atoms with Gasteiger partial charge in [-0.1, -0.05) is 30.3 Å². The second-order valence-corrected chi connectivity index (χ2v) is 7.71. The van der Waals surface area contributed by atoms with Crippen LogP contribution < -0.4 is 5.32 Å². The molecule has 0 saturated carbocycles. The predicted octanol–water partition coefficient (Wildman–Crippen LogP) is 4.04. The van der Waals surface area contributed by atoms with Crippen LogP contribution in [-0.2, 0) is 7.05 Å². The molecule has 0 bridgehead atoms. The van der Waals surface area contributed by atoms with Crippen molar-refractivity contribution in [1.82, 2.24) is 29.5 Å². The molecule has 0 saturated heterocycles. The van der Waals surface area contributed by atoms with E-state index in [1.165, 1.54) is 11.3 Å². The number of hydrogen-bond acceptors (Lipinski definition) is 6. The predicted molar refractivity (Wildman–Crippen MR) is 119 cm³/mol. The van der Waals surface area contributed by atoms with Gasteiger partial charge in [-0.15, -0.1) is 21.5 Å². The Balaban J connectivity index is 1.33. The number of thiazole rings is 1. The summed E-state index contributed by atoms with van der Waals surface area (Å²) in [5, 5.41) is 17.8. The van der Waals surface area contributed by atoms with Crippen LogP contribution in [0.15, 0.2) is 78.7 Å². The summed E-state index contributed by atoms with van der Waals surface area (Å²) in [6.45, 7) is 0. The van der Waals surface area contributed by atoms with Crippen LogP contribution in [0, 0.1) is 0 Å². The SMILES string of the molecule is Cn1cnnc1-c1cccc(NC(=O)c2csc(-c3cnn(-c4ccccc4)c3)n2)c1. The molecular weight excluding hydrogens is 410 g/mol. The highest BCUT2D eigenvalue weighted by atomic mass is 32.1. The molecule has 3 aromatic heterocycles. The Morgan fingerprint density at radius 2 is 1.94 bits per heavy atom. The molecular formula is C22H17N7OS. The first-order valence-corrected chi connectivity index (χ1v) is 10.4. The average molecular weight is 427 g/mol. The molecule has 0 atom stereocenters. The zero-order valence-electron chi connectivity index (χ0n) is 16.5. The summed E-state index contributed by atoms with van der Waals surface area (Å²) in [6, 6.07) is 17.3. The third kappa shape index (κ3) is 3.86. The minimum Gasteiger partial charge on any atom is -0.321 e. The minimum absolute atomic E-state index is 0.270. The lowest BCUT2D eigenvalue weighted by atomic mass is 10.2. The molecule has 9 heteroatoms. The molecule has 152 valence electrons. The second-order valence-electron chi connectivity index (χ2n) is 6.85. The van der Waals surface area contributed by atoms with Gasteiger partial charge in [-0.05, 0) is 24.3 Å². The van der Waals surface area contributed by atoms with E-state index in [-0.39, 0.29) is 5.91 Å². The van der Waals surface area contributed by atoms with Crippen molar-refractivity contribution in [1.29, 1.82) is 0 Å². The molecule has 2 aromatic carbocycles. The second kappa shape index (κ2) is 7.96. The molecule has 1 amide bonds. The van der Waals surface area contributed by atoms with Gasteiger partial charge in [-0.25, -0.2) is 9.67 Å². The van der Waals surface area contributed by atoms with Gasteiger partial charge in [0.15, 0.2) is 5.82 Å². The first-order valence-electron chi connectivity index (χ1n) is 9.49. The van der Waals surface area contributed by atoms with Crippen LogP contribution in [0.1, 0.15) is 10.5 Å². The number of hydrogen-bond donors (Lipinski definition) is 1. The third-order valence-electron chi connectivity index (χ3n) is 4.68. The molecule has 0 aliphatic rings. The molecule has 3 heterocycles. The zero-order chi connectivity index (χ0) is 21.2. The Labute approximate surface area is 181 Å². The van der Waals surface area contributed by atoms with E-state index >= 15 is 0 Å². The molecule has 1 N–H and O–H groups in total. The summed E-state index contributed by atoms with van der Waals surface area (Å²) in [7, 11) is 1.87. The van der Waals surface area contributed by atoms with Crippen molar-refractivity contribution in [3.63, 3.8) is 0 Å². The molecule has 0 fully saturated rings.